The minimum atomic E-state index is -0.488. The number of anilines is 1. The first kappa shape index (κ1) is 14.0. The average molecular weight is 275 g/mol. The minimum absolute atomic E-state index is 0.00908. The van der Waals surface area contributed by atoms with Crippen molar-refractivity contribution in [1.29, 1.82) is 0 Å². The molecule has 1 aromatic heterocycles. The van der Waals surface area contributed by atoms with Crippen LogP contribution in [0.1, 0.15) is 26.2 Å². The second-order valence-corrected chi connectivity index (χ2v) is 4.51. The monoisotopic (exact) mass is 275 g/mol. The van der Waals surface area contributed by atoms with Crippen molar-refractivity contribution in [3.63, 3.8) is 0 Å². The molecule has 2 rings (SSSR count). The van der Waals surface area contributed by atoms with Gasteiger partial charge in [0.15, 0.2) is 5.69 Å². The summed E-state index contributed by atoms with van der Waals surface area (Å²) < 4.78 is 5.50. The van der Waals surface area contributed by atoms with Gasteiger partial charge in [-0.05, 0) is 18.6 Å². The van der Waals surface area contributed by atoms with Gasteiger partial charge in [0.2, 0.25) is 5.88 Å². The number of pyridine rings is 1. The van der Waals surface area contributed by atoms with Crippen LogP contribution >= 0.6 is 0 Å². The maximum absolute atomic E-state index is 11.2. The Morgan fingerprint density at radius 2 is 2.10 bits per heavy atom. The zero-order valence-corrected chi connectivity index (χ0v) is 11.3. The fourth-order valence-electron chi connectivity index (χ4n) is 2.02. The van der Waals surface area contributed by atoms with Crippen molar-refractivity contribution in [2.24, 2.45) is 0 Å². The number of fused-ring (bicyclic) bond motifs is 1. The maximum Gasteiger partial charge on any atom is 0.307 e. The Hall–Kier alpha value is -2.37. The summed E-state index contributed by atoms with van der Waals surface area (Å²) in [5, 5.41) is 11.6. The molecule has 0 saturated heterocycles. The largest absolute Gasteiger partial charge is 0.476 e. The van der Waals surface area contributed by atoms with Crippen molar-refractivity contribution >= 4 is 22.3 Å². The number of aromatic nitrogens is 1. The topological polar surface area (TPSA) is 91.3 Å². The van der Waals surface area contributed by atoms with Gasteiger partial charge >= 0.3 is 5.69 Å². The number of benzene rings is 1. The molecule has 20 heavy (non-hydrogen) atoms. The van der Waals surface area contributed by atoms with E-state index in [1.165, 1.54) is 0 Å². The van der Waals surface area contributed by atoms with Gasteiger partial charge in [0, 0.05) is 0 Å². The summed E-state index contributed by atoms with van der Waals surface area (Å²) in [5.41, 5.74) is 6.20. The number of para-hydroxylation sites is 1. The number of rotatable bonds is 6. The SMILES string of the molecule is CCCCCOc1nc2ccccc2c([N+](=O)[O-])c1N. The molecule has 2 aromatic rings. The zero-order valence-electron chi connectivity index (χ0n) is 11.3. The molecule has 0 atom stereocenters. The van der Waals surface area contributed by atoms with E-state index in [-0.39, 0.29) is 17.3 Å². The van der Waals surface area contributed by atoms with E-state index in [2.05, 4.69) is 11.9 Å². The van der Waals surface area contributed by atoms with Gasteiger partial charge in [0.1, 0.15) is 0 Å². The smallest absolute Gasteiger partial charge is 0.307 e. The number of unbranched alkanes of at least 4 members (excludes halogenated alkanes) is 2. The lowest BCUT2D eigenvalue weighted by Gasteiger charge is -2.09. The summed E-state index contributed by atoms with van der Waals surface area (Å²) in [6.45, 7) is 2.55. The third-order valence-electron chi connectivity index (χ3n) is 3.04. The van der Waals surface area contributed by atoms with Crippen LogP contribution in [0.2, 0.25) is 0 Å². The number of hydrogen-bond acceptors (Lipinski definition) is 5. The quantitative estimate of drug-likeness (QED) is 0.496. The summed E-state index contributed by atoms with van der Waals surface area (Å²) in [6, 6.07) is 6.84. The van der Waals surface area contributed by atoms with Crippen LogP contribution in [0.5, 0.6) is 5.88 Å². The van der Waals surface area contributed by atoms with Crippen LogP contribution in [-0.2, 0) is 0 Å². The van der Waals surface area contributed by atoms with E-state index < -0.39 is 4.92 Å². The van der Waals surface area contributed by atoms with Crippen molar-refractivity contribution in [3.8, 4) is 5.88 Å². The van der Waals surface area contributed by atoms with Gasteiger partial charge < -0.3 is 10.5 Å². The third-order valence-corrected chi connectivity index (χ3v) is 3.04. The lowest BCUT2D eigenvalue weighted by Crippen LogP contribution is -2.05. The van der Waals surface area contributed by atoms with Crippen LogP contribution in [0.25, 0.3) is 10.9 Å². The molecule has 6 heteroatoms. The Kier molecular flexibility index (Phi) is 4.34. The molecular formula is C14H17N3O3. The summed E-state index contributed by atoms with van der Waals surface area (Å²) in [6.07, 6.45) is 2.98. The number of nitrogens with two attached hydrogens (primary N) is 1. The molecule has 0 saturated carbocycles. The molecule has 0 spiro atoms. The predicted octanol–water partition coefficient (Wildman–Crippen LogP) is 3.29. The minimum Gasteiger partial charge on any atom is -0.476 e. The molecule has 0 fully saturated rings. The first-order valence-corrected chi connectivity index (χ1v) is 6.60. The molecule has 0 unspecified atom stereocenters. The Labute approximate surface area is 116 Å². The Morgan fingerprint density at radius 3 is 2.80 bits per heavy atom. The molecule has 0 aliphatic carbocycles. The molecule has 2 N–H and O–H groups in total. The highest BCUT2D eigenvalue weighted by Crippen LogP contribution is 2.36. The summed E-state index contributed by atoms with van der Waals surface area (Å²) >= 11 is 0. The molecule has 6 nitrogen and oxygen atoms in total. The van der Waals surface area contributed by atoms with Gasteiger partial charge in [-0.15, -0.1) is 0 Å². The highest BCUT2D eigenvalue weighted by molar-refractivity contribution is 5.94. The normalized spacial score (nSPS) is 10.7. The van der Waals surface area contributed by atoms with Crippen molar-refractivity contribution in [2.75, 3.05) is 12.3 Å². The number of nitrogens with zero attached hydrogens (tertiary/aromatic N) is 2. The van der Waals surface area contributed by atoms with Crippen molar-refractivity contribution in [2.45, 2.75) is 26.2 Å². The van der Waals surface area contributed by atoms with E-state index >= 15 is 0 Å². The van der Waals surface area contributed by atoms with Crippen LogP contribution in [0.15, 0.2) is 24.3 Å². The molecule has 1 aromatic carbocycles. The van der Waals surface area contributed by atoms with Gasteiger partial charge in [-0.1, -0.05) is 31.9 Å². The lowest BCUT2D eigenvalue weighted by atomic mass is 10.1. The molecule has 0 radical (unpaired) electrons. The zero-order chi connectivity index (χ0) is 14.5. The average Bonchev–Trinajstić information content (AvgIpc) is 2.43. The summed E-state index contributed by atoms with van der Waals surface area (Å²) in [5.74, 6) is 0.145. The van der Waals surface area contributed by atoms with E-state index in [1.54, 1.807) is 24.3 Å². The molecule has 106 valence electrons. The van der Waals surface area contributed by atoms with E-state index in [4.69, 9.17) is 10.5 Å². The molecule has 0 bridgehead atoms. The van der Waals surface area contributed by atoms with E-state index in [0.29, 0.717) is 17.5 Å². The van der Waals surface area contributed by atoms with Crippen molar-refractivity contribution in [1.82, 2.24) is 4.98 Å². The number of ether oxygens (including phenoxy) is 1. The van der Waals surface area contributed by atoms with Crippen molar-refractivity contribution < 1.29 is 9.66 Å². The summed E-state index contributed by atoms with van der Waals surface area (Å²) in [4.78, 5) is 15.0. The fraction of sp³-hybridized carbons (Fsp3) is 0.357. The number of nitro groups is 1. The second kappa shape index (κ2) is 6.18. The van der Waals surface area contributed by atoms with Crippen LogP contribution in [0.3, 0.4) is 0 Å². The first-order chi connectivity index (χ1) is 9.65. The number of nitrogen functional groups attached to an aromatic ring is 1. The molecule has 0 amide bonds. The van der Waals surface area contributed by atoms with Crippen molar-refractivity contribution in [3.05, 3.63) is 34.4 Å². The number of hydrogen-bond donors (Lipinski definition) is 1. The molecular weight excluding hydrogens is 258 g/mol. The van der Waals surface area contributed by atoms with E-state index in [9.17, 15) is 10.1 Å². The standard InChI is InChI=1S/C14H17N3O3/c1-2-3-6-9-20-14-12(15)13(17(18)19)10-7-4-5-8-11(10)16-14/h4-5,7-8H,2-3,6,9,15H2,1H3. The van der Waals surface area contributed by atoms with Gasteiger partial charge in [-0.3, -0.25) is 10.1 Å². The molecule has 0 aliphatic heterocycles. The van der Waals surface area contributed by atoms with E-state index in [1.807, 2.05) is 0 Å². The Bertz CT molecular complexity index is 628. The predicted molar refractivity (Wildman–Crippen MR) is 77.8 cm³/mol. The molecule has 0 aliphatic rings. The van der Waals surface area contributed by atoms with Gasteiger partial charge in [0.05, 0.1) is 22.4 Å². The van der Waals surface area contributed by atoms with Crippen LogP contribution < -0.4 is 10.5 Å². The van der Waals surface area contributed by atoms with Gasteiger partial charge in [-0.25, -0.2) is 4.98 Å². The maximum atomic E-state index is 11.2. The Morgan fingerprint density at radius 1 is 1.35 bits per heavy atom. The molecule has 1 heterocycles. The fourth-order valence-corrected chi connectivity index (χ4v) is 2.02. The van der Waals surface area contributed by atoms with Crippen LogP contribution in [-0.4, -0.2) is 16.5 Å². The van der Waals surface area contributed by atoms with Gasteiger partial charge in [-0.2, -0.15) is 0 Å². The summed E-state index contributed by atoms with van der Waals surface area (Å²) in [7, 11) is 0. The highest BCUT2D eigenvalue weighted by Gasteiger charge is 2.22. The highest BCUT2D eigenvalue weighted by atomic mass is 16.6. The van der Waals surface area contributed by atoms with Gasteiger partial charge in [0.25, 0.3) is 0 Å². The van der Waals surface area contributed by atoms with Crippen LogP contribution in [0.4, 0.5) is 11.4 Å². The third kappa shape index (κ3) is 2.79. The van der Waals surface area contributed by atoms with E-state index in [0.717, 1.165) is 19.3 Å². The first-order valence-electron chi connectivity index (χ1n) is 6.60. The Balaban J connectivity index is 2.40. The lowest BCUT2D eigenvalue weighted by molar-refractivity contribution is -0.382. The second-order valence-electron chi connectivity index (χ2n) is 4.51. The van der Waals surface area contributed by atoms with Crippen LogP contribution in [0, 0.1) is 10.1 Å².